The highest BCUT2D eigenvalue weighted by molar-refractivity contribution is 9.08. The molecule has 0 radical (unpaired) electrons. The zero-order chi connectivity index (χ0) is 10.1. The van der Waals surface area contributed by atoms with Crippen LogP contribution >= 0.6 is 27.3 Å². The lowest BCUT2D eigenvalue weighted by atomic mass is 10.1. The van der Waals surface area contributed by atoms with E-state index in [1.54, 1.807) is 6.07 Å². The molecule has 0 bridgehead atoms. The van der Waals surface area contributed by atoms with Gasteiger partial charge < -0.3 is 5.11 Å². The fraction of sp³-hybridized carbons (Fsp3) is 0.200. The summed E-state index contributed by atoms with van der Waals surface area (Å²) in [5.74, 6) is -0.214. The first-order valence-corrected chi connectivity index (χ1v) is 6.07. The normalized spacial score (nSPS) is 11.1. The fourth-order valence-corrected chi connectivity index (χ4v) is 3.37. The zero-order valence-corrected chi connectivity index (χ0v) is 9.66. The summed E-state index contributed by atoms with van der Waals surface area (Å²) in [7, 11) is 0. The van der Waals surface area contributed by atoms with Crippen LogP contribution < -0.4 is 0 Å². The fourth-order valence-electron chi connectivity index (χ4n) is 1.46. The molecular weight excluding hydrogens is 267 g/mol. The van der Waals surface area contributed by atoms with Gasteiger partial charge in [0.25, 0.3) is 0 Å². The van der Waals surface area contributed by atoms with Crippen molar-refractivity contribution in [3.05, 3.63) is 34.5 Å². The van der Waals surface area contributed by atoms with Crippen molar-refractivity contribution >= 4 is 37.4 Å². The molecule has 0 aliphatic rings. The van der Waals surface area contributed by atoms with Crippen LogP contribution in [0.2, 0.25) is 0 Å². The Balaban J connectivity index is 2.79. The average Bonchev–Trinajstić information content (AvgIpc) is 2.57. The van der Waals surface area contributed by atoms with Gasteiger partial charge in [0.2, 0.25) is 0 Å². The number of halogens is 2. The predicted molar refractivity (Wildman–Crippen MR) is 60.3 cm³/mol. The minimum Gasteiger partial charge on any atom is -0.391 e. The van der Waals surface area contributed by atoms with Crippen molar-refractivity contribution in [2.45, 2.75) is 11.9 Å². The third-order valence-corrected chi connectivity index (χ3v) is 3.93. The molecule has 1 nitrogen and oxygen atoms in total. The molecule has 2 rings (SSSR count). The minimum absolute atomic E-state index is 0.0281. The van der Waals surface area contributed by atoms with E-state index in [2.05, 4.69) is 15.9 Å². The topological polar surface area (TPSA) is 20.2 Å². The van der Waals surface area contributed by atoms with E-state index in [0.717, 1.165) is 15.8 Å². The third kappa shape index (κ3) is 1.47. The number of rotatable bonds is 2. The quantitative estimate of drug-likeness (QED) is 0.832. The van der Waals surface area contributed by atoms with Crippen LogP contribution in [-0.2, 0) is 11.9 Å². The van der Waals surface area contributed by atoms with Gasteiger partial charge in [-0.15, -0.1) is 11.3 Å². The zero-order valence-electron chi connectivity index (χ0n) is 7.26. The van der Waals surface area contributed by atoms with Crippen molar-refractivity contribution in [1.29, 1.82) is 0 Å². The van der Waals surface area contributed by atoms with Crippen molar-refractivity contribution < 1.29 is 9.50 Å². The molecule has 0 fully saturated rings. The lowest BCUT2D eigenvalue weighted by Crippen LogP contribution is -1.83. The van der Waals surface area contributed by atoms with Gasteiger partial charge in [-0.1, -0.05) is 28.1 Å². The molecule has 14 heavy (non-hydrogen) atoms. The van der Waals surface area contributed by atoms with Gasteiger partial charge >= 0.3 is 0 Å². The Morgan fingerprint density at radius 2 is 2.21 bits per heavy atom. The molecule has 0 saturated heterocycles. The number of hydrogen-bond acceptors (Lipinski definition) is 2. The van der Waals surface area contributed by atoms with Gasteiger partial charge in [-0.3, -0.25) is 0 Å². The Morgan fingerprint density at radius 3 is 2.86 bits per heavy atom. The van der Waals surface area contributed by atoms with Crippen LogP contribution in [0, 0.1) is 5.82 Å². The summed E-state index contributed by atoms with van der Waals surface area (Å²) in [6, 6.07) is 5.01. The summed E-state index contributed by atoms with van der Waals surface area (Å²) in [5, 5.41) is 10.7. The Hall–Kier alpha value is -0.450. The Morgan fingerprint density at radius 1 is 1.43 bits per heavy atom. The Kier molecular flexibility index (Phi) is 2.85. The van der Waals surface area contributed by atoms with E-state index in [0.29, 0.717) is 10.0 Å². The van der Waals surface area contributed by atoms with Crippen molar-refractivity contribution in [3.8, 4) is 0 Å². The summed E-state index contributed by atoms with van der Waals surface area (Å²) < 4.78 is 14.0. The highest BCUT2D eigenvalue weighted by Gasteiger charge is 2.12. The molecule has 0 saturated carbocycles. The van der Waals surface area contributed by atoms with Crippen molar-refractivity contribution in [1.82, 2.24) is 0 Å². The molecule has 0 aliphatic heterocycles. The molecule has 1 aromatic heterocycles. The molecule has 0 amide bonds. The summed E-state index contributed by atoms with van der Waals surface area (Å²) in [6.07, 6.45) is 0. The van der Waals surface area contributed by atoms with E-state index in [4.69, 9.17) is 5.11 Å². The maximum atomic E-state index is 13.4. The first kappa shape index (κ1) is 10.1. The van der Waals surface area contributed by atoms with Crippen LogP contribution in [0.1, 0.15) is 10.4 Å². The van der Waals surface area contributed by atoms with E-state index in [-0.39, 0.29) is 12.4 Å². The standard InChI is InChI=1S/C10H8BrFOS/c11-4-7-6-2-1-3-8(12)10(6)14-9(7)5-13/h1-3,13H,4-5H2. The van der Waals surface area contributed by atoms with Crippen molar-refractivity contribution in [2.75, 3.05) is 0 Å². The van der Waals surface area contributed by atoms with Crippen LogP contribution in [-0.4, -0.2) is 5.11 Å². The molecule has 1 N–H and O–H groups in total. The number of aliphatic hydroxyl groups is 1. The monoisotopic (exact) mass is 274 g/mol. The van der Waals surface area contributed by atoms with Gasteiger partial charge in [0.15, 0.2) is 0 Å². The molecule has 1 heterocycles. The van der Waals surface area contributed by atoms with Crippen LogP contribution in [0.15, 0.2) is 18.2 Å². The van der Waals surface area contributed by atoms with E-state index >= 15 is 0 Å². The SMILES string of the molecule is OCc1sc2c(F)cccc2c1CBr. The highest BCUT2D eigenvalue weighted by atomic mass is 79.9. The molecule has 0 spiro atoms. The van der Waals surface area contributed by atoms with Crippen molar-refractivity contribution in [2.24, 2.45) is 0 Å². The maximum absolute atomic E-state index is 13.4. The summed E-state index contributed by atoms with van der Waals surface area (Å²) in [4.78, 5) is 0.835. The molecule has 0 aliphatic carbocycles. The summed E-state index contributed by atoms with van der Waals surface area (Å²) >= 11 is 4.67. The van der Waals surface area contributed by atoms with E-state index < -0.39 is 0 Å². The first-order valence-electron chi connectivity index (χ1n) is 4.13. The molecule has 1 aromatic carbocycles. The number of hydrogen-bond donors (Lipinski definition) is 1. The second-order valence-corrected chi connectivity index (χ2v) is 4.58. The average molecular weight is 275 g/mol. The molecule has 2 aromatic rings. The van der Waals surface area contributed by atoms with Gasteiger partial charge in [-0.25, -0.2) is 4.39 Å². The number of thiophene rings is 1. The van der Waals surface area contributed by atoms with Crippen molar-refractivity contribution in [3.63, 3.8) is 0 Å². The van der Waals surface area contributed by atoms with Gasteiger partial charge in [0, 0.05) is 10.2 Å². The maximum Gasteiger partial charge on any atom is 0.141 e. The second-order valence-electron chi connectivity index (χ2n) is 2.91. The first-order chi connectivity index (χ1) is 6.77. The summed E-state index contributed by atoms with van der Waals surface area (Å²) in [5.41, 5.74) is 0.993. The number of fused-ring (bicyclic) bond motifs is 1. The molecule has 0 unspecified atom stereocenters. The van der Waals surface area contributed by atoms with Crippen LogP contribution in [0.25, 0.3) is 10.1 Å². The molecule has 74 valence electrons. The Bertz CT molecular complexity index is 466. The van der Waals surface area contributed by atoms with Crippen LogP contribution in [0.3, 0.4) is 0 Å². The van der Waals surface area contributed by atoms with E-state index in [9.17, 15) is 4.39 Å². The molecule has 0 atom stereocenters. The van der Waals surface area contributed by atoms with Gasteiger partial charge in [0.05, 0.1) is 11.3 Å². The second kappa shape index (κ2) is 3.96. The number of alkyl halides is 1. The van der Waals surface area contributed by atoms with Gasteiger partial charge in [-0.2, -0.15) is 0 Å². The predicted octanol–water partition coefficient (Wildman–Crippen LogP) is 3.43. The van der Waals surface area contributed by atoms with Gasteiger partial charge in [0.1, 0.15) is 5.82 Å². The van der Waals surface area contributed by atoms with Crippen LogP contribution in [0.4, 0.5) is 4.39 Å². The number of aliphatic hydroxyl groups excluding tert-OH is 1. The minimum atomic E-state index is -0.214. The lowest BCUT2D eigenvalue weighted by molar-refractivity contribution is 0.285. The third-order valence-electron chi connectivity index (χ3n) is 2.13. The lowest BCUT2D eigenvalue weighted by Gasteiger charge is -1.95. The number of benzene rings is 1. The van der Waals surface area contributed by atoms with E-state index in [1.807, 2.05) is 6.07 Å². The van der Waals surface area contributed by atoms with Crippen LogP contribution in [0.5, 0.6) is 0 Å². The summed E-state index contributed by atoms with van der Waals surface area (Å²) in [6.45, 7) is -0.0281. The Labute approximate surface area is 93.3 Å². The van der Waals surface area contributed by atoms with E-state index in [1.165, 1.54) is 17.4 Å². The molecular formula is C10H8BrFOS. The highest BCUT2D eigenvalue weighted by Crippen LogP contribution is 2.34. The molecule has 4 heteroatoms. The smallest absolute Gasteiger partial charge is 0.141 e. The largest absolute Gasteiger partial charge is 0.391 e. The van der Waals surface area contributed by atoms with Gasteiger partial charge in [-0.05, 0) is 17.0 Å².